The van der Waals surface area contributed by atoms with Crippen LogP contribution in [0.15, 0.2) is 42.5 Å². The van der Waals surface area contributed by atoms with E-state index in [-0.39, 0.29) is 28.9 Å². The molecule has 2 fully saturated rings. The molecule has 2 N–H and O–H groups in total. The van der Waals surface area contributed by atoms with Crippen molar-refractivity contribution < 1.29 is 15.0 Å². The van der Waals surface area contributed by atoms with E-state index in [4.69, 9.17) is 0 Å². The van der Waals surface area contributed by atoms with Crippen molar-refractivity contribution in [2.24, 2.45) is 5.41 Å². The second-order valence-electron chi connectivity index (χ2n) is 10.4. The predicted molar refractivity (Wildman–Crippen MR) is 120 cm³/mol. The first kappa shape index (κ1) is 20.5. The number of nitrogens with zero attached hydrogens (tertiary/aromatic N) is 2. The molecule has 2 aliphatic heterocycles. The van der Waals surface area contributed by atoms with E-state index in [2.05, 4.69) is 31.7 Å². The van der Waals surface area contributed by atoms with Gasteiger partial charge in [-0.2, -0.15) is 0 Å². The van der Waals surface area contributed by atoms with Gasteiger partial charge in [0.15, 0.2) is 0 Å². The third-order valence-electron chi connectivity index (χ3n) is 8.43. The number of piperidine rings is 1. The van der Waals surface area contributed by atoms with Gasteiger partial charge in [0.05, 0.1) is 6.10 Å². The van der Waals surface area contributed by atoms with E-state index < -0.39 is 0 Å². The van der Waals surface area contributed by atoms with Crippen molar-refractivity contribution in [2.45, 2.75) is 57.7 Å². The summed E-state index contributed by atoms with van der Waals surface area (Å²) < 4.78 is 0. The molecule has 2 heterocycles. The van der Waals surface area contributed by atoms with Crippen LogP contribution in [0.5, 0.6) is 5.75 Å². The summed E-state index contributed by atoms with van der Waals surface area (Å²) in [6, 6.07) is 13.8. The molecule has 2 bridgehead atoms. The Labute approximate surface area is 184 Å². The largest absolute Gasteiger partial charge is 0.508 e. The molecular formula is C26H32N2O3. The van der Waals surface area contributed by atoms with E-state index in [0.717, 1.165) is 49.3 Å². The Kier molecular flexibility index (Phi) is 4.68. The van der Waals surface area contributed by atoms with E-state index in [0.29, 0.717) is 12.2 Å². The number of hydrogen-bond acceptors (Lipinski definition) is 4. The van der Waals surface area contributed by atoms with Crippen LogP contribution >= 0.6 is 0 Å². The van der Waals surface area contributed by atoms with Gasteiger partial charge in [-0.25, -0.2) is 0 Å². The van der Waals surface area contributed by atoms with Gasteiger partial charge in [0.25, 0.3) is 5.91 Å². The molecule has 1 aliphatic carbocycles. The quantitative estimate of drug-likeness (QED) is 0.800. The lowest BCUT2D eigenvalue weighted by Gasteiger charge is -2.60. The van der Waals surface area contributed by atoms with Gasteiger partial charge in [0.2, 0.25) is 0 Å². The highest BCUT2D eigenvalue weighted by atomic mass is 16.3. The molecule has 5 rings (SSSR count). The summed E-state index contributed by atoms with van der Waals surface area (Å²) in [5, 5.41) is 20.0. The molecule has 0 saturated carbocycles. The second-order valence-corrected chi connectivity index (χ2v) is 10.4. The summed E-state index contributed by atoms with van der Waals surface area (Å²) in [5.41, 5.74) is 3.94. The van der Waals surface area contributed by atoms with Crippen molar-refractivity contribution >= 4 is 5.91 Å². The Balaban J connectivity index is 1.40. The molecule has 0 radical (unpaired) electrons. The third kappa shape index (κ3) is 3.09. The lowest BCUT2D eigenvalue weighted by atomic mass is 9.51. The number of rotatable bonds is 3. The maximum atomic E-state index is 13.6. The topological polar surface area (TPSA) is 64.0 Å². The van der Waals surface area contributed by atoms with Gasteiger partial charge < -0.3 is 15.1 Å². The van der Waals surface area contributed by atoms with E-state index in [9.17, 15) is 15.0 Å². The van der Waals surface area contributed by atoms with Crippen LogP contribution in [-0.4, -0.2) is 57.7 Å². The molecule has 2 aromatic carbocycles. The average molecular weight is 421 g/mol. The minimum Gasteiger partial charge on any atom is -0.508 e. The summed E-state index contributed by atoms with van der Waals surface area (Å²) in [6.07, 6.45) is 1.37. The number of carbonyl (C=O) groups is 1. The number of carbonyl (C=O) groups excluding carboxylic acids is 1. The molecule has 31 heavy (non-hydrogen) atoms. The van der Waals surface area contributed by atoms with Gasteiger partial charge in [-0.05, 0) is 53.1 Å². The summed E-state index contributed by atoms with van der Waals surface area (Å²) in [5.74, 6) is 0.420. The minimum atomic E-state index is -0.200. The summed E-state index contributed by atoms with van der Waals surface area (Å²) in [7, 11) is 0. The molecule has 3 aliphatic rings. The zero-order valence-corrected chi connectivity index (χ0v) is 18.6. The molecular weight excluding hydrogens is 388 g/mol. The normalized spacial score (nSPS) is 27.5. The zero-order valence-electron chi connectivity index (χ0n) is 18.6. The highest BCUT2D eigenvalue weighted by molar-refractivity contribution is 5.94. The van der Waals surface area contributed by atoms with Crippen LogP contribution < -0.4 is 0 Å². The predicted octanol–water partition coefficient (Wildman–Crippen LogP) is 3.32. The Morgan fingerprint density at radius 1 is 1.10 bits per heavy atom. The smallest absolute Gasteiger partial charge is 0.254 e. The average Bonchev–Trinajstić information content (AvgIpc) is 2.70. The molecule has 5 heteroatoms. The molecule has 164 valence electrons. The number of aliphatic hydroxyl groups is 1. The second kappa shape index (κ2) is 7.07. The fraction of sp³-hybridized carbons (Fsp3) is 0.500. The molecule has 5 nitrogen and oxygen atoms in total. The third-order valence-corrected chi connectivity index (χ3v) is 8.43. The van der Waals surface area contributed by atoms with E-state index in [1.165, 1.54) is 5.56 Å². The van der Waals surface area contributed by atoms with Crippen LogP contribution in [-0.2, 0) is 18.4 Å². The number of aromatic hydroxyl groups is 1. The van der Waals surface area contributed by atoms with Gasteiger partial charge in [-0.15, -0.1) is 0 Å². The number of likely N-dealkylation sites (tertiary alicyclic amines) is 2. The van der Waals surface area contributed by atoms with E-state index in [1.54, 1.807) is 6.07 Å². The number of hydrogen-bond donors (Lipinski definition) is 2. The van der Waals surface area contributed by atoms with Gasteiger partial charge in [0.1, 0.15) is 5.75 Å². The molecule has 0 aromatic heterocycles. The maximum absolute atomic E-state index is 13.6. The fourth-order valence-electron chi connectivity index (χ4n) is 6.02. The van der Waals surface area contributed by atoms with Gasteiger partial charge in [0, 0.05) is 43.2 Å². The zero-order chi connectivity index (χ0) is 22.0. The van der Waals surface area contributed by atoms with Gasteiger partial charge in [-0.3, -0.25) is 9.69 Å². The van der Waals surface area contributed by atoms with Crippen LogP contribution in [0.1, 0.15) is 54.2 Å². The van der Waals surface area contributed by atoms with Crippen molar-refractivity contribution in [1.29, 1.82) is 0 Å². The first-order chi connectivity index (χ1) is 14.7. The molecule has 2 saturated heterocycles. The number of β-amino-alcohol motifs (C(OH)–C–C–N with tert-alkyl or cyclic N) is 1. The molecule has 2 aromatic rings. The number of amides is 1. The first-order valence-corrected chi connectivity index (χ1v) is 11.3. The van der Waals surface area contributed by atoms with Crippen LogP contribution in [0, 0.1) is 5.41 Å². The Morgan fingerprint density at radius 2 is 1.81 bits per heavy atom. The summed E-state index contributed by atoms with van der Waals surface area (Å²) in [4.78, 5) is 17.8. The lowest BCUT2D eigenvalue weighted by molar-refractivity contribution is -0.0266. The number of phenolic OH excluding ortho intramolecular Hbond substituents is 1. The molecule has 2 atom stereocenters. The van der Waals surface area contributed by atoms with Crippen molar-refractivity contribution in [3.63, 3.8) is 0 Å². The van der Waals surface area contributed by atoms with E-state index >= 15 is 0 Å². The minimum absolute atomic E-state index is 0.0433. The SMILES string of the molecule is CC1(C)[C@H]2Cc3c(O)cccc3[C@]1(C)CCN2C(=O)c1ccc(CN2CC(O)C2)cc1. The van der Waals surface area contributed by atoms with Crippen molar-refractivity contribution in [1.82, 2.24) is 9.80 Å². The van der Waals surface area contributed by atoms with Crippen LogP contribution in [0.25, 0.3) is 0 Å². The summed E-state index contributed by atoms with van der Waals surface area (Å²) in [6.45, 7) is 9.81. The van der Waals surface area contributed by atoms with Gasteiger partial charge in [-0.1, -0.05) is 45.0 Å². The van der Waals surface area contributed by atoms with E-state index in [1.807, 2.05) is 35.2 Å². The Hall–Kier alpha value is -2.37. The Bertz CT molecular complexity index is 1010. The van der Waals surface area contributed by atoms with Crippen LogP contribution in [0.2, 0.25) is 0 Å². The van der Waals surface area contributed by atoms with Crippen molar-refractivity contribution in [2.75, 3.05) is 19.6 Å². The number of aliphatic hydroxyl groups excluding tert-OH is 1. The van der Waals surface area contributed by atoms with Crippen molar-refractivity contribution in [3.05, 3.63) is 64.7 Å². The lowest BCUT2D eigenvalue weighted by Crippen LogP contribution is -2.64. The maximum Gasteiger partial charge on any atom is 0.254 e. The molecule has 1 amide bonds. The summed E-state index contributed by atoms with van der Waals surface area (Å²) >= 11 is 0. The van der Waals surface area contributed by atoms with Crippen LogP contribution in [0.3, 0.4) is 0 Å². The number of fused-ring (bicyclic) bond motifs is 4. The van der Waals surface area contributed by atoms with Crippen LogP contribution in [0.4, 0.5) is 0 Å². The molecule has 0 unspecified atom stereocenters. The standard InChI is InChI=1S/C26H32N2O3/c1-25(2)23-13-20-21(5-4-6-22(20)30)26(25,3)11-12-28(23)24(31)18-9-7-17(8-10-18)14-27-15-19(29)16-27/h4-10,19,23,29-30H,11-16H2,1-3H3/t23-,26+/m1/s1. The number of benzene rings is 2. The highest BCUT2D eigenvalue weighted by Crippen LogP contribution is 2.57. The Morgan fingerprint density at radius 3 is 2.48 bits per heavy atom. The monoisotopic (exact) mass is 420 g/mol. The highest BCUT2D eigenvalue weighted by Gasteiger charge is 2.57. The number of phenols is 1. The van der Waals surface area contributed by atoms with Crippen molar-refractivity contribution in [3.8, 4) is 5.75 Å². The fourth-order valence-corrected chi connectivity index (χ4v) is 6.02. The van der Waals surface area contributed by atoms with Gasteiger partial charge >= 0.3 is 0 Å². The first-order valence-electron chi connectivity index (χ1n) is 11.3. The molecule has 0 spiro atoms.